The van der Waals surface area contributed by atoms with E-state index in [9.17, 15) is 26.4 Å². The Morgan fingerprint density at radius 3 is 2.21 bits per heavy atom. The Morgan fingerprint density at radius 2 is 1.64 bits per heavy atom. The molecule has 0 atom stereocenters. The molecule has 2 amide bonds. The summed E-state index contributed by atoms with van der Waals surface area (Å²) < 4.78 is 59.1. The summed E-state index contributed by atoms with van der Waals surface area (Å²) in [4.78, 5) is 25.5. The molecule has 47 heavy (non-hydrogen) atoms. The predicted molar refractivity (Wildman–Crippen MR) is 186 cm³/mol. The van der Waals surface area contributed by atoms with Crippen LogP contribution in [0.25, 0.3) is 0 Å². The summed E-state index contributed by atoms with van der Waals surface area (Å²) in [7, 11) is -5.95. The van der Waals surface area contributed by atoms with E-state index in [-0.39, 0.29) is 16.1 Å². The molecule has 262 valence electrons. The van der Waals surface area contributed by atoms with Crippen molar-refractivity contribution in [3.63, 3.8) is 0 Å². The van der Waals surface area contributed by atoms with Crippen LogP contribution in [0, 0.1) is 11.8 Å². The predicted octanol–water partition coefficient (Wildman–Crippen LogP) is 4.79. The molecule has 1 saturated heterocycles. The van der Waals surface area contributed by atoms with Gasteiger partial charge in [0.1, 0.15) is 5.60 Å². The molecular weight excluding hydrogens is 643 g/mol. The lowest BCUT2D eigenvalue weighted by molar-refractivity contribution is 0.0527. The average Bonchev–Trinajstić information content (AvgIpc) is 2.97. The third-order valence-corrected chi connectivity index (χ3v) is 10.9. The summed E-state index contributed by atoms with van der Waals surface area (Å²) in [5.74, 6) is 0.578. The van der Waals surface area contributed by atoms with Gasteiger partial charge in [-0.2, -0.15) is 4.31 Å². The highest BCUT2D eigenvalue weighted by atomic mass is 32.2. The molecule has 0 radical (unpaired) electrons. The van der Waals surface area contributed by atoms with Gasteiger partial charge in [-0.3, -0.25) is 9.10 Å². The SMILES string of the molecule is CC(C)CC1CCN(S(=O)(=O)c2ccc(NC(=O)c3cc(CNCCCNC(=O)OC(C)(C)C)ccc3N(C)S(C)(=O)=O)cc2)CC1. The summed E-state index contributed by atoms with van der Waals surface area (Å²) in [6.07, 6.45) is 4.00. The largest absolute Gasteiger partial charge is 0.444 e. The lowest BCUT2D eigenvalue weighted by atomic mass is 9.89. The number of piperidine rings is 1. The van der Waals surface area contributed by atoms with Crippen molar-refractivity contribution in [2.75, 3.05) is 49.1 Å². The number of amides is 2. The average molecular weight is 694 g/mol. The van der Waals surface area contributed by atoms with E-state index in [4.69, 9.17) is 4.74 Å². The molecule has 1 fully saturated rings. The van der Waals surface area contributed by atoms with Crippen LogP contribution in [-0.2, 0) is 31.3 Å². The molecule has 0 aliphatic carbocycles. The fourth-order valence-electron chi connectivity index (χ4n) is 5.39. The molecule has 14 heteroatoms. The summed E-state index contributed by atoms with van der Waals surface area (Å²) in [5, 5.41) is 8.75. The van der Waals surface area contributed by atoms with Gasteiger partial charge in [0.15, 0.2) is 0 Å². The number of hydrogen-bond acceptors (Lipinski definition) is 8. The maximum Gasteiger partial charge on any atom is 0.407 e. The van der Waals surface area contributed by atoms with Gasteiger partial charge < -0.3 is 20.7 Å². The lowest BCUT2D eigenvalue weighted by Crippen LogP contribution is -2.38. The van der Waals surface area contributed by atoms with Crippen molar-refractivity contribution in [1.82, 2.24) is 14.9 Å². The first-order valence-electron chi connectivity index (χ1n) is 16.0. The second kappa shape index (κ2) is 16.3. The number of anilines is 2. The molecule has 1 aliphatic rings. The number of carbonyl (C=O) groups is 2. The van der Waals surface area contributed by atoms with Crippen LogP contribution in [-0.4, -0.2) is 78.2 Å². The number of sulfonamides is 2. The third kappa shape index (κ3) is 11.8. The molecule has 0 saturated carbocycles. The molecule has 3 rings (SSSR count). The molecule has 2 aromatic carbocycles. The van der Waals surface area contributed by atoms with Gasteiger partial charge in [-0.1, -0.05) is 19.9 Å². The van der Waals surface area contributed by atoms with Crippen LogP contribution < -0.4 is 20.3 Å². The Balaban J connectivity index is 1.66. The lowest BCUT2D eigenvalue weighted by Gasteiger charge is -2.32. The summed E-state index contributed by atoms with van der Waals surface area (Å²) >= 11 is 0. The van der Waals surface area contributed by atoms with Gasteiger partial charge >= 0.3 is 6.09 Å². The standard InChI is InChI=1S/C33H51N5O7S2/c1-24(2)21-25-15-19-38(20-16-25)47(43,44)28-12-10-27(11-13-28)36-31(39)29-22-26(9-14-30(29)37(6)46(7,41)42)23-34-17-8-18-35-32(40)45-33(3,4)5/h9-14,22,24-25,34H,8,15-21,23H2,1-7H3,(H,35,40)(H,36,39). The summed E-state index contributed by atoms with van der Waals surface area (Å²) in [6.45, 7) is 12.1. The smallest absolute Gasteiger partial charge is 0.407 e. The first-order valence-corrected chi connectivity index (χ1v) is 19.3. The fourth-order valence-corrected chi connectivity index (χ4v) is 7.37. The normalized spacial score (nSPS) is 15.0. The van der Waals surface area contributed by atoms with Crippen molar-refractivity contribution in [2.45, 2.75) is 77.3 Å². The molecule has 1 heterocycles. The van der Waals surface area contributed by atoms with Crippen molar-refractivity contribution in [3.05, 3.63) is 53.6 Å². The zero-order chi connectivity index (χ0) is 35.0. The van der Waals surface area contributed by atoms with Crippen LogP contribution >= 0.6 is 0 Å². The van der Waals surface area contributed by atoms with Crippen LogP contribution in [0.2, 0.25) is 0 Å². The van der Waals surface area contributed by atoms with Gasteiger partial charge in [0, 0.05) is 38.9 Å². The maximum absolute atomic E-state index is 13.5. The van der Waals surface area contributed by atoms with Crippen LogP contribution in [0.3, 0.4) is 0 Å². The van der Waals surface area contributed by atoms with E-state index in [1.807, 2.05) is 0 Å². The minimum absolute atomic E-state index is 0.143. The monoisotopic (exact) mass is 693 g/mol. The zero-order valence-electron chi connectivity index (χ0n) is 28.6. The minimum atomic E-state index is -3.66. The quantitative estimate of drug-likeness (QED) is 0.239. The van der Waals surface area contributed by atoms with Crippen LogP contribution in [0.4, 0.5) is 16.2 Å². The van der Waals surface area contributed by atoms with E-state index >= 15 is 0 Å². The Morgan fingerprint density at radius 1 is 1.00 bits per heavy atom. The number of alkyl carbamates (subject to hydrolysis) is 1. The van der Waals surface area contributed by atoms with E-state index in [0.29, 0.717) is 56.7 Å². The van der Waals surface area contributed by atoms with Gasteiger partial charge in [-0.15, -0.1) is 0 Å². The first kappa shape index (κ1) is 38.2. The van der Waals surface area contributed by atoms with Gasteiger partial charge in [-0.05, 0) is 107 Å². The summed E-state index contributed by atoms with van der Waals surface area (Å²) in [6, 6.07) is 11.0. The highest BCUT2D eigenvalue weighted by Crippen LogP contribution is 2.29. The second-order valence-electron chi connectivity index (χ2n) is 13.5. The van der Waals surface area contributed by atoms with Gasteiger partial charge in [0.2, 0.25) is 20.0 Å². The number of benzene rings is 2. The number of nitrogens with zero attached hydrogens (tertiary/aromatic N) is 2. The maximum atomic E-state index is 13.5. The molecule has 3 N–H and O–H groups in total. The van der Waals surface area contributed by atoms with Crippen LogP contribution in [0.5, 0.6) is 0 Å². The van der Waals surface area contributed by atoms with Crippen LogP contribution in [0.15, 0.2) is 47.4 Å². The van der Waals surface area contributed by atoms with Crippen LogP contribution in [0.1, 0.15) is 76.2 Å². The first-order chi connectivity index (χ1) is 21.9. The second-order valence-corrected chi connectivity index (χ2v) is 17.4. The Hall–Kier alpha value is -3.20. The van der Waals surface area contributed by atoms with E-state index in [0.717, 1.165) is 35.4 Å². The molecule has 2 aromatic rings. The number of rotatable bonds is 14. The Kier molecular flexibility index (Phi) is 13.2. The van der Waals surface area contributed by atoms with Crippen molar-refractivity contribution in [3.8, 4) is 0 Å². The van der Waals surface area contributed by atoms with Crippen molar-refractivity contribution < 1.29 is 31.2 Å². The van der Waals surface area contributed by atoms with E-state index in [1.54, 1.807) is 39.0 Å². The molecule has 0 spiro atoms. The molecule has 0 aromatic heterocycles. The summed E-state index contributed by atoms with van der Waals surface area (Å²) in [5.41, 5.74) is 0.899. The van der Waals surface area contributed by atoms with Gasteiger partial charge in [0.25, 0.3) is 5.91 Å². The number of hydrogen-bond donors (Lipinski definition) is 3. The molecule has 0 unspecified atom stereocenters. The zero-order valence-corrected chi connectivity index (χ0v) is 30.3. The highest BCUT2D eigenvalue weighted by molar-refractivity contribution is 7.92. The van der Waals surface area contributed by atoms with Crippen molar-refractivity contribution in [2.24, 2.45) is 11.8 Å². The fraction of sp³-hybridized carbons (Fsp3) is 0.576. The Labute approximate surface area is 280 Å². The van der Waals surface area contributed by atoms with E-state index in [1.165, 1.54) is 35.6 Å². The highest BCUT2D eigenvalue weighted by Gasteiger charge is 2.30. The van der Waals surface area contributed by atoms with Gasteiger partial charge in [-0.25, -0.2) is 21.6 Å². The van der Waals surface area contributed by atoms with Gasteiger partial charge in [0.05, 0.1) is 22.4 Å². The van der Waals surface area contributed by atoms with Crippen molar-refractivity contribution in [1.29, 1.82) is 0 Å². The van der Waals surface area contributed by atoms with E-state index < -0.39 is 37.6 Å². The molecule has 1 aliphatic heterocycles. The molecule has 0 bridgehead atoms. The number of nitrogens with one attached hydrogen (secondary N) is 3. The number of carbonyl (C=O) groups excluding carboxylic acids is 2. The number of ether oxygens (including phenoxy) is 1. The molecule has 12 nitrogen and oxygen atoms in total. The van der Waals surface area contributed by atoms with E-state index in [2.05, 4.69) is 29.8 Å². The third-order valence-electron chi connectivity index (χ3n) is 7.80. The van der Waals surface area contributed by atoms with Crippen molar-refractivity contribution >= 4 is 43.4 Å². The minimum Gasteiger partial charge on any atom is -0.444 e. The molecular formula is C33H51N5O7S2. The topological polar surface area (TPSA) is 154 Å². The Bertz CT molecular complexity index is 1580.